The first-order chi connectivity index (χ1) is 2.89. The van der Waals surface area contributed by atoms with Crippen LogP contribution in [-0.4, -0.2) is 18.2 Å². The molecule has 9 heavy (non-hydrogen) atoms. The number of halogens is 3. The van der Waals surface area contributed by atoms with E-state index in [1.807, 2.05) is 0 Å². The average Bonchev–Trinajstić information content (AvgIpc) is 1.86. The van der Waals surface area contributed by atoms with Gasteiger partial charge in [-0.2, -0.15) is 0 Å². The zero-order chi connectivity index (χ0) is 4.41. The van der Waals surface area contributed by atoms with Gasteiger partial charge < -0.3 is 24.8 Å². The van der Waals surface area contributed by atoms with E-state index in [0.29, 0.717) is 13.1 Å². The first-order valence-electron chi connectivity index (χ1n) is 2.30. The van der Waals surface area contributed by atoms with Crippen LogP contribution in [0.1, 0.15) is 12.8 Å². The number of rotatable bonds is 0. The predicted octanol–water partition coefficient (Wildman–Crippen LogP) is -5.03. The van der Waals surface area contributed by atoms with Crippen LogP contribution in [0, 0.1) is 0 Å². The van der Waals surface area contributed by atoms with Gasteiger partial charge in [-0.25, -0.2) is 0 Å². The van der Waals surface area contributed by atoms with Crippen LogP contribution >= 0.6 is 0 Å². The van der Waals surface area contributed by atoms with Gasteiger partial charge in [0.15, 0.2) is 0 Å². The van der Waals surface area contributed by atoms with E-state index in [9.17, 15) is 4.48 Å². The summed E-state index contributed by atoms with van der Waals surface area (Å²) in [7, 11) is 0. The van der Waals surface area contributed by atoms with Gasteiger partial charge >= 0.3 is 17.1 Å². The molecule has 1 aliphatic rings. The molecule has 57 valence electrons. The van der Waals surface area contributed by atoms with Crippen molar-refractivity contribution < 1.29 is 46.4 Å². The van der Waals surface area contributed by atoms with Crippen LogP contribution in [-0.2, 0) is 17.1 Å². The van der Waals surface area contributed by atoms with Gasteiger partial charge in [-0.3, -0.25) is 0 Å². The largest absolute Gasteiger partial charge is 2.00 e. The molecule has 0 aromatic rings. The summed E-state index contributed by atoms with van der Waals surface area (Å²) in [4.78, 5) is 0. The molecule has 1 heterocycles. The maximum Gasteiger partial charge on any atom is 2.00 e. The van der Waals surface area contributed by atoms with Gasteiger partial charge in [-0.05, 0) is 12.8 Å². The molecule has 1 saturated heterocycles. The Morgan fingerprint density at radius 2 is 1.33 bits per heavy atom. The summed E-state index contributed by atoms with van der Waals surface area (Å²) in [5.74, 6) is 0. The maximum atomic E-state index is 11.8. The van der Waals surface area contributed by atoms with Crippen LogP contribution in [0.5, 0.6) is 0 Å². The summed E-state index contributed by atoms with van der Waals surface area (Å²) in [6.07, 6.45) is 2.08. The standard InChI is InChI=1S/C4H8FN.2ClH.Mn/c5-6-3-1-2-4-6;;;/h1-4H2;2*1H;/q;;;+2/p-2. The Balaban J connectivity index is -0.000000120. The van der Waals surface area contributed by atoms with E-state index in [1.165, 1.54) is 0 Å². The third-order valence-corrected chi connectivity index (χ3v) is 1.05. The van der Waals surface area contributed by atoms with Crippen molar-refractivity contribution in [3.63, 3.8) is 0 Å². The van der Waals surface area contributed by atoms with Gasteiger partial charge in [0.05, 0.1) is 0 Å². The smallest absolute Gasteiger partial charge is 1.00 e. The molecule has 1 radical (unpaired) electrons. The Morgan fingerprint density at radius 1 is 1.00 bits per heavy atom. The van der Waals surface area contributed by atoms with E-state index >= 15 is 0 Å². The summed E-state index contributed by atoms with van der Waals surface area (Å²) < 4.78 is 11.8. The molecule has 0 aliphatic carbocycles. The Labute approximate surface area is 77.6 Å². The molecule has 0 saturated carbocycles. The van der Waals surface area contributed by atoms with Crippen molar-refractivity contribution in [1.29, 1.82) is 0 Å². The topological polar surface area (TPSA) is 3.24 Å². The maximum absolute atomic E-state index is 11.8. The zero-order valence-electron chi connectivity index (χ0n) is 4.79. The Hall–Kier alpha value is 0.989. The van der Waals surface area contributed by atoms with Crippen molar-refractivity contribution in [2.75, 3.05) is 13.1 Å². The van der Waals surface area contributed by atoms with Crippen LogP contribution in [0.4, 0.5) is 4.48 Å². The molecule has 1 fully saturated rings. The van der Waals surface area contributed by atoms with Gasteiger partial charge in [0.2, 0.25) is 0 Å². The Bertz CT molecular complexity index is 51.8. The third kappa shape index (κ3) is 6.88. The molecule has 0 aromatic carbocycles. The summed E-state index contributed by atoms with van der Waals surface area (Å²) in [5.41, 5.74) is 0. The van der Waals surface area contributed by atoms with Crippen LogP contribution < -0.4 is 24.8 Å². The number of nitrogens with zero attached hydrogens (tertiary/aromatic N) is 1. The first kappa shape index (κ1) is 16.5. The van der Waals surface area contributed by atoms with Gasteiger partial charge in [0.25, 0.3) is 0 Å². The zero-order valence-corrected chi connectivity index (χ0v) is 7.48. The molecular weight excluding hydrogens is 207 g/mol. The normalized spacial score (nSPS) is 17.0. The molecular formula is C4H8Cl2FMnN. The monoisotopic (exact) mass is 214 g/mol. The fraction of sp³-hybridized carbons (Fsp3) is 1.00. The Kier molecular flexibility index (Phi) is 16.5. The second-order valence-corrected chi connectivity index (χ2v) is 1.62. The molecule has 1 rings (SSSR count). The van der Waals surface area contributed by atoms with E-state index in [4.69, 9.17) is 0 Å². The van der Waals surface area contributed by atoms with E-state index in [0.717, 1.165) is 18.0 Å². The fourth-order valence-electron chi connectivity index (χ4n) is 0.679. The molecule has 0 spiro atoms. The van der Waals surface area contributed by atoms with Crippen LogP contribution in [0.15, 0.2) is 0 Å². The molecule has 0 aromatic heterocycles. The minimum absolute atomic E-state index is 0. The summed E-state index contributed by atoms with van der Waals surface area (Å²) >= 11 is 0. The second-order valence-electron chi connectivity index (χ2n) is 1.62. The molecule has 0 N–H and O–H groups in total. The van der Waals surface area contributed by atoms with E-state index < -0.39 is 0 Å². The van der Waals surface area contributed by atoms with Crippen LogP contribution in [0.2, 0.25) is 0 Å². The van der Waals surface area contributed by atoms with E-state index in [1.54, 1.807) is 0 Å². The van der Waals surface area contributed by atoms with Crippen molar-refractivity contribution in [2.45, 2.75) is 12.8 Å². The average molecular weight is 215 g/mol. The van der Waals surface area contributed by atoms with Crippen molar-refractivity contribution in [2.24, 2.45) is 0 Å². The van der Waals surface area contributed by atoms with Gasteiger partial charge in [-0.15, -0.1) is 9.60 Å². The summed E-state index contributed by atoms with van der Waals surface area (Å²) in [6, 6.07) is 0. The van der Waals surface area contributed by atoms with Crippen molar-refractivity contribution in [1.82, 2.24) is 5.12 Å². The summed E-state index contributed by atoms with van der Waals surface area (Å²) in [5, 5.41) is 0.861. The van der Waals surface area contributed by atoms with Crippen molar-refractivity contribution in [3.8, 4) is 0 Å². The van der Waals surface area contributed by atoms with Crippen LogP contribution in [0.3, 0.4) is 0 Å². The number of hydrogen-bond donors (Lipinski definition) is 0. The quantitative estimate of drug-likeness (QED) is 0.289. The first-order valence-corrected chi connectivity index (χ1v) is 2.30. The van der Waals surface area contributed by atoms with Gasteiger partial charge in [-0.1, -0.05) is 0 Å². The predicted molar refractivity (Wildman–Crippen MR) is 21.9 cm³/mol. The SMILES string of the molecule is FN1CCCC1.[Cl-].[Cl-].[Mn+2]. The van der Waals surface area contributed by atoms with Gasteiger partial charge in [0, 0.05) is 13.1 Å². The molecule has 0 unspecified atom stereocenters. The second kappa shape index (κ2) is 8.99. The van der Waals surface area contributed by atoms with Crippen LogP contribution in [0.25, 0.3) is 0 Å². The summed E-state index contributed by atoms with van der Waals surface area (Å²) in [6.45, 7) is 1.31. The van der Waals surface area contributed by atoms with Gasteiger partial charge in [0.1, 0.15) is 0 Å². The molecule has 1 nitrogen and oxygen atoms in total. The fourth-order valence-corrected chi connectivity index (χ4v) is 0.679. The molecule has 1 aliphatic heterocycles. The third-order valence-electron chi connectivity index (χ3n) is 1.05. The minimum Gasteiger partial charge on any atom is -1.00 e. The molecule has 0 amide bonds. The minimum atomic E-state index is 0. The molecule has 0 atom stereocenters. The number of hydrogen-bond acceptors (Lipinski definition) is 1. The molecule has 5 heteroatoms. The Morgan fingerprint density at radius 3 is 1.44 bits per heavy atom. The van der Waals surface area contributed by atoms with Crippen molar-refractivity contribution in [3.05, 3.63) is 0 Å². The molecule has 0 bridgehead atoms. The van der Waals surface area contributed by atoms with E-state index in [2.05, 4.69) is 0 Å². The van der Waals surface area contributed by atoms with E-state index in [-0.39, 0.29) is 41.9 Å². The van der Waals surface area contributed by atoms with Crippen molar-refractivity contribution >= 4 is 0 Å².